The van der Waals surface area contributed by atoms with E-state index in [0.29, 0.717) is 0 Å². The van der Waals surface area contributed by atoms with Gasteiger partial charge in [-0.25, -0.2) is 0 Å². The Morgan fingerprint density at radius 3 is 2.41 bits per heavy atom. The molecule has 144 valence electrons. The minimum atomic E-state index is -0.342. The molecule has 0 radical (unpaired) electrons. The standard InChI is InChI=1S/C22H28N2O3/c1-21(2)13-8-14-22(3,4)24(21)27-16-19(23(25)26)15-18-11-7-10-17-9-5-6-12-20(17)18/h5-7,9-12,15H,8,13-14,16H2,1-4H3/b19-15+. The lowest BCUT2D eigenvalue weighted by molar-refractivity contribution is -0.436. The van der Waals surface area contributed by atoms with Crippen LogP contribution in [0.5, 0.6) is 0 Å². The SMILES string of the molecule is CC1(C)CCCC(C)(C)N1OC/C(=C\c1cccc2ccccc12)[N+](=O)[O-]. The number of fused-ring (bicyclic) bond motifs is 1. The highest BCUT2D eigenvalue weighted by molar-refractivity contribution is 5.90. The second kappa shape index (κ2) is 7.41. The van der Waals surface area contributed by atoms with Gasteiger partial charge in [0.25, 0.3) is 5.70 Å². The molecular formula is C22H28N2O3. The Hall–Kier alpha value is -2.24. The van der Waals surface area contributed by atoms with Gasteiger partial charge in [-0.15, -0.1) is 0 Å². The van der Waals surface area contributed by atoms with E-state index in [1.54, 1.807) is 6.08 Å². The Kier molecular flexibility index (Phi) is 5.36. The third kappa shape index (κ3) is 4.20. The molecule has 3 rings (SSSR count). The Balaban J connectivity index is 1.88. The van der Waals surface area contributed by atoms with Gasteiger partial charge in [0.2, 0.25) is 0 Å². The van der Waals surface area contributed by atoms with Crippen LogP contribution in [-0.2, 0) is 4.84 Å². The second-order valence-electron chi connectivity index (χ2n) is 8.51. The first-order chi connectivity index (χ1) is 12.7. The van der Waals surface area contributed by atoms with Crippen molar-refractivity contribution in [1.82, 2.24) is 5.06 Å². The highest BCUT2D eigenvalue weighted by Gasteiger charge is 2.43. The van der Waals surface area contributed by atoms with E-state index in [4.69, 9.17) is 4.84 Å². The summed E-state index contributed by atoms with van der Waals surface area (Å²) in [6.07, 6.45) is 4.79. The molecule has 0 spiro atoms. The van der Waals surface area contributed by atoms with Crippen molar-refractivity contribution < 1.29 is 9.76 Å². The fourth-order valence-corrected chi connectivity index (χ4v) is 4.16. The zero-order chi connectivity index (χ0) is 19.7. The maximum absolute atomic E-state index is 11.7. The first-order valence-electron chi connectivity index (χ1n) is 9.47. The van der Waals surface area contributed by atoms with E-state index < -0.39 is 0 Å². The molecule has 0 amide bonds. The van der Waals surface area contributed by atoms with Gasteiger partial charge in [-0.3, -0.25) is 15.0 Å². The molecule has 1 heterocycles. The summed E-state index contributed by atoms with van der Waals surface area (Å²) < 4.78 is 0. The van der Waals surface area contributed by atoms with Gasteiger partial charge in [-0.05, 0) is 63.3 Å². The molecule has 0 unspecified atom stereocenters. The van der Waals surface area contributed by atoms with Crippen LogP contribution in [0.15, 0.2) is 48.2 Å². The molecule has 27 heavy (non-hydrogen) atoms. The molecule has 2 aromatic rings. The second-order valence-corrected chi connectivity index (χ2v) is 8.51. The van der Waals surface area contributed by atoms with Crippen molar-refractivity contribution in [2.45, 2.75) is 58.0 Å². The summed E-state index contributed by atoms with van der Waals surface area (Å²) in [7, 11) is 0. The Morgan fingerprint density at radius 1 is 1.11 bits per heavy atom. The summed E-state index contributed by atoms with van der Waals surface area (Å²) in [4.78, 5) is 17.4. The van der Waals surface area contributed by atoms with E-state index in [1.807, 2.05) is 47.5 Å². The van der Waals surface area contributed by atoms with Gasteiger partial charge in [0.1, 0.15) is 0 Å². The van der Waals surface area contributed by atoms with E-state index in [-0.39, 0.29) is 28.3 Å². The number of hydrogen-bond donors (Lipinski definition) is 0. The highest BCUT2D eigenvalue weighted by atomic mass is 16.7. The maximum Gasteiger partial charge on any atom is 0.274 e. The Morgan fingerprint density at radius 2 is 1.74 bits per heavy atom. The lowest BCUT2D eigenvalue weighted by Crippen LogP contribution is -2.58. The minimum absolute atomic E-state index is 0.0525. The lowest BCUT2D eigenvalue weighted by atomic mass is 9.82. The molecule has 1 aliphatic heterocycles. The van der Waals surface area contributed by atoms with Crippen LogP contribution in [0.3, 0.4) is 0 Å². The van der Waals surface area contributed by atoms with Crippen LogP contribution < -0.4 is 0 Å². The summed E-state index contributed by atoms with van der Waals surface area (Å²) in [5, 5.41) is 15.7. The van der Waals surface area contributed by atoms with Crippen molar-refractivity contribution in [3.05, 3.63) is 63.8 Å². The van der Waals surface area contributed by atoms with Crippen LogP contribution in [0.2, 0.25) is 0 Å². The third-order valence-corrected chi connectivity index (χ3v) is 5.40. The van der Waals surface area contributed by atoms with Crippen LogP contribution in [0.1, 0.15) is 52.5 Å². The summed E-state index contributed by atoms with van der Waals surface area (Å²) in [6, 6.07) is 13.7. The fraction of sp³-hybridized carbons (Fsp3) is 0.455. The van der Waals surface area contributed by atoms with E-state index in [9.17, 15) is 10.1 Å². The number of benzene rings is 2. The van der Waals surface area contributed by atoms with Crippen molar-refractivity contribution in [3.63, 3.8) is 0 Å². The van der Waals surface area contributed by atoms with Crippen molar-refractivity contribution in [1.29, 1.82) is 0 Å². The molecule has 0 aliphatic carbocycles. The lowest BCUT2D eigenvalue weighted by Gasteiger charge is -2.51. The van der Waals surface area contributed by atoms with Crippen LogP contribution in [0, 0.1) is 10.1 Å². The number of nitro groups is 1. The summed E-state index contributed by atoms with van der Waals surface area (Å²) in [5.41, 5.74) is 0.593. The molecule has 5 heteroatoms. The minimum Gasteiger partial charge on any atom is -0.287 e. The van der Waals surface area contributed by atoms with Crippen molar-refractivity contribution in [2.24, 2.45) is 0 Å². The van der Waals surface area contributed by atoms with E-state index in [0.717, 1.165) is 35.6 Å². The molecule has 1 fully saturated rings. The molecular weight excluding hydrogens is 340 g/mol. The first-order valence-corrected chi connectivity index (χ1v) is 9.47. The Bertz CT molecular complexity index is 849. The summed E-state index contributed by atoms with van der Waals surface area (Å²) in [6.45, 7) is 8.48. The molecule has 2 aromatic carbocycles. The summed E-state index contributed by atoms with van der Waals surface area (Å²) in [5.74, 6) is 0. The number of piperidine rings is 1. The van der Waals surface area contributed by atoms with Crippen LogP contribution in [0.4, 0.5) is 0 Å². The fourth-order valence-electron chi connectivity index (χ4n) is 4.16. The molecule has 0 atom stereocenters. The molecule has 0 bridgehead atoms. The van der Waals surface area contributed by atoms with Gasteiger partial charge in [-0.1, -0.05) is 42.5 Å². The van der Waals surface area contributed by atoms with Gasteiger partial charge >= 0.3 is 0 Å². The molecule has 5 nitrogen and oxygen atoms in total. The average molecular weight is 368 g/mol. The van der Waals surface area contributed by atoms with E-state index in [1.165, 1.54) is 0 Å². The molecule has 0 aromatic heterocycles. The van der Waals surface area contributed by atoms with Crippen molar-refractivity contribution in [2.75, 3.05) is 6.61 Å². The van der Waals surface area contributed by atoms with Gasteiger partial charge in [-0.2, -0.15) is 5.06 Å². The number of hydroxylamine groups is 2. The zero-order valence-corrected chi connectivity index (χ0v) is 16.6. The number of hydrogen-bond acceptors (Lipinski definition) is 4. The smallest absolute Gasteiger partial charge is 0.274 e. The quantitative estimate of drug-likeness (QED) is 0.521. The van der Waals surface area contributed by atoms with Crippen molar-refractivity contribution >= 4 is 16.8 Å². The van der Waals surface area contributed by atoms with Crippen LogP contribution in [0.25, 0.3) is 16.8 Å². The van der Waals surface area contributed by atoms with Crippen LogP contribution in [-0.4, -0.2) is 27.7 Å². The number of nitrogens with zero attached hydrogens (tertiary/aromatic N) is 2. The largest absolute Gasteiger partial charge is 0.287 e. The van der Waals surface area contributed by atoms with Gasteiger partial charge < -0.3 is 0 Å². The third-order valence-electron chi connectivity index (χ3n) is 5.40. The Labute approximate surface area is 160 Å². The average Bonchev–Trinajstić information content (AvgIpc) is 2.59. The monoisotopic (exact) mass is 368 g/mol. The maximum atomic E-state index is 11.7. The zero-order valence-electron chi connectivity index (χ0n) is 16.6. The normalized spacial score (nSPS) is 19.9. The van der Waals surface area contributed by atoms with Gasteiger partial charge in [0.15, 0.2) is 6.61 Å². The number of rotatable bonds is 5. The highest BCUT2D eigenvalue weighted by Crippen LogP contribution is 2.38. The summed E-state index contributed by atoms with van der Waals surface area (Å²) >= 11 is 0. The molecule has 1 aliphatic rings. The molecule has 0 saturated carbocycles. The van der Waals surface area contributed by atoms with Gasteiger partial charge in [0, 0.05) is 17.2 Å². The van der Waals surface area contributed by atoms with E-state index >= 15 is 0 Å². The van der Waals surface area contributed by atoms with Gasteiger partial charge in [0.05, 0.1) is 4.92 Å². The van der Waals surface area contributed by atoms with E-state index in [2.05, 4.69) is 27.7 Å². The van der Waals surface area contributed by atoms with Crippen molar-refractivity contribution in [3.8, 4) is 0 Å². The predicted molar refractivity (Wildman–Crippen MR) is 109 cm³/mol. The molecule has 0 N–H and O–H groups in total. The topological polar surface area (TPSA) is 55.6 Å². The molecule has 1 saturated heterocycles. The predicted octanol–water partition coefficient (Wildman–Crippen LogP) is 5.43. The first kappa shape index (κ1) is 19.5. The van der Waals surface area contributed by atoms with Crippen LogP contribution >= 0.6 is 0 Å².